The zero-order valence-corrected chi connectivity index (χ0v) is 11.2. The molecule has 1 aromatic rings. The number of amides is 2. The lowest BCUT2D eigenvalue weighted by molar-refractivity contribution is 0.0684. The molecule has 1 unspecified atom stereocenters. The molecular weight excluding hydrogens is 262 g/mol. The molecule has 1 aromatic carbocycles. The molecule has 0 saturated heterocycles. The number of hydrogen-bond acceptors (Lipinski definition) is 5. The standard InChI is InChI=1S/C13H13N3O2S/c1-8-6-14-13(15-8)19-7-16-11(17)9-4-2-3-5-10(9)12(16)18/h2-5,8H,6-7H2,1H3,(H,14,15). The van der Waals surface area contributed by atoms with Crippen LogP contribution >= 0.6 is 11.8 Å². The minimum absolute atomic E-state index is 0.222. The molecule has 0 bridgehead atoms. The monoisotopic (exact) mass is 275 g/mol. The van der Waals surface area contributed by atoms with Gasteiger partial charge in [-0.25, -0.2) is 0 Å². The molecule has 0 aromatic heterocycles. The fraction of sp³-hybridized carbons (Fsp3) is 0.308. The van der Waals surface area contributed by atoms with Crippen LogP contribution in [0.1, 0.15) is 27.6 Å². The summed E-state index contributed by atoms with van der Waals surface area (Å²) < 4.78 is 0. The van der Waals surface area contributed by atoms with Crippen LogP contribution in [-0.2, 0) is 0 Å². The third-order valence-electron chi connectivity index (χ3n) is 3.09. The van der Waals surface area contributed by atoms with Crippen molar-refractivity contribution in [1.29, 1.82) is 0 Å². The number of aliphatic imine (C=N–C) groups is 1. The Morgan fingerprint density at radius 1 is 1.32 bits per heavy atom. The molecule has 6 heteroatoms. The Bertz CT molecular complexity index is 550. The number of nitrogens with one attached hydrogen (secondary N) is 1. The summed E-state index contributed by atoms with van der Waals surface area (Å²) >= 11 is 1.39. The zero-order chi connectivity index (χ0) is 13.4. The van der Waals surface area contributed by atoms with E-state index in [1.807, 2.05) is 6.92 Å². The van der Waals surface area contributed by atoms with Crippen LogP contribution < -0.4 is 5.32 Å². The van der Waals surface area contributed by atoms with Crippen LogP contribution in [0, 0.1) is 0 Å². The highest BCUT2D eigenvalue weighted by molar-refractivity contribution is 8.13. The second-order valence-electron chi connectivity index (χ2n) is 4.55. The number of hydrogen-bond donors (Lipinski definition) is 1. The molecule has 0 saturated carbocycles. The SMILES string of the molecule is CC1CN=C(SCN2C(=O)c3ccccc3C2=O)N1. The maximum Gasteiger partial charge on any atom is 0.262 e. The Hall–Kier alpha value is -1.82. The highest BCUT2D eigenvalue weighted by atomic mass is 32.2. The van der Waals surface area contributed by atoms with Gasteiger partial charge in [0.15, 0.2) is 5.17 Å². The van der Waals surface area contributed by atoms with Crippen molar-refractivity contribution in [2.45, 2.75) is 13.0 Å². The van der Waals surface area contributed by atoms with Crippen molar-refractivity contribution in [2.75, 3.05) is 12.4 Å². The maximum atomic E-state index is 12.1. The van der Waals surface area contributed by atoms with Crippen LogP contribution in [0.15, 0.2) is 29.3 Å². The van der Waals surface area contributed by atoms with Crippen LogP contribution in [-0.4, -0.2) is 40.3 Å². The molecule has 98 valence electrons. The van der Waals surface area contributed by atoms with Crippen molar-refractivity contribution in [3.05, 3.63) is 35.4 Å². The topological polar surface area (TPSA) is 61.8 Å². The van der Waals surface area contributed by atoms with Gasteiger partial charge in [-0.1, -0.05) is 23.9 Å². The largest absolute Gasteiger partial charge is 0.361 e. The highest BCUT2D eigenvalue weighted by Gasteiger charge is 2.35. The minimum atomic E-state index is -0.222. The molecule has 2 aliphatic rings. The lowest BCUT2D eigenvalue weighted by atomic mass is 10.1. The van der Waals surface area contributed by atoms with Gasteiger partial charge in [0.2, 0.25) is 0 Å². The molecule has 1 atom stereocenters. The number of nitrogens with zero attached hydrogens (tertiary/aromatic N) is 2. The van der Waals surface area contributed by atoms with Crippen molar-refractivity contribution < 1.29 is 9.59 Å². The first-order chi connectivity index (χ1) is 9.16. The van der Waals surface area contributed by atoms with Gasteiger partial charge in [0.05, 0.1) is 23.5 Å². The van der Waals surface area contributed by atoms with Gasteiger partial charge in [0.25, 0.3) is 11.8 Å². The number of carbonyl (C=O) groups is 2. The second-order valence-corrected chi connectivity index (χ2v) is 5.48. The summed E-state index contributed by atoms with van der Waals surface area (Å²) in [6.45, 7) is 2.78. The molecule has 5 nitrogen and oxygen atoms in total. The van der Waals surface area contributed by atoms with E-state index in [0.717, 1.165) is 11.7 Å². The van der Waals surface area contributed by atoms with Crippen molar-refractivity contribution in [3.63, 3.8) is 0 Å². The smallest absolute Gasteiger partial charge is 0.262 e. The van der Waals surface area contributed by atoms with Crippen LogP contribution in [0.2, 0.25) is 0 Å². The molecule has 3 rings (SSSR count). The van der Waals surface area contributed by atoms with Crippen molar-refractivity contribution in [2.24, 2.45) is 4.99 Å². The first-order valence-electron chi connectivity index (χ1n) is 6.06. The van der Waals surface area contributed by atoms with Crippen molar-refractivity contribution in [3.8, 4) is 0 Å². The van der Waals surface area contributed by atoms with Gasteiger partial charge >= 0.3 is 0 Å². The van der Waals surface area contributed by atoms with Gasteiger partial charge < -0.3 is 5.32 Å². The number of rotatable bonds is 2. The number of amidine groups is 1. The fourth-order valence-corrected chi connectivity index (χ4v) is 3.03. The molecule has 2 amide bonds. The van der Waals surface area contributed by atoms with Crippen molar-refractivity contribution >= 4 is 28.7 Å². The van der Waals surface area contributed by atoms with E-state index in [-0.39, 0.29) is 11.8 Å². The molecule has 2 heterocycles. The number of thioether (sulfide) groups is 1. The summed E-state index contributed by atoms with van der Waals surface area (Å²) in [6.07, 6.45) is 0. The quantitative estimate of drug-likeness (QED) is 0.827. The summed E-state index contributed by atoms with van der Waals surface area (Å²) in [5.74, 6) is -0.148. The van der Waals surface area contributed by atoms with Gasteiger partial charge in [-0.2, -0.15) is 0 Å². The Labute approximate surface area is 115 Å². The Balaban J connectivity index is 1.71. The molecule has 2 aliphatic heterocycles. The molecular formula is C13H13N3O2S. The third kappa shape index (κ3) is 2.12. The maximum absolute atomic E-state index is 12.1. The van der Waals surface area contributed by atoms with Crippen LogP contribution in [0.3, 0.4) is 0 Å². The van der Waals surface area contributed by atoms with Gasteiger partial charge in [0.1, 0.15) is 0 Å². The van der Waals surface area contributed by atoms with E-state index in [2.05, 4.69) is 10.3 Å². The number of imide groups is 1. The average Bonchev–Trinajstić information content (AvgIpc) is 2.93. The van der Waals surface area contributed by atoms with E-state index in [0.29, 0.717) is 23.0 Å². The predicted molar refractivity (Wildman–Crippen MR) is 74.3 cm³/mol. The Morgan fingerprint density at radius 2 is 1.95 bits per heavy atom. The highest BCUT2D eigenvalue weighted by Crippen LogP contribution is 2.24. The van der Waals surface area contributed by atoms with E-state index in [1.54, 1.807) is 24.3 Å². The molecule has 1 N–H and O–H groups in total. The minimum Gasteiger partial charge on any atom is -0.361 e. The van der Waals surface area contributed by atoms with E-state index < -0.39 is 0 Å². The predicted octanol–water partition coefficient (Wildman–Crippen LogP) is 1.32. The molecule has 19 heavy (non-hydrogen) atoms. The summed E-state index contributed by atoms with van der Waals surface area (Å²) in [5.41, 5.74) is 0.977. The number of carbonyl (C=O) groups excluding carboxylic acids is 2. The second kappa shape index (κ2) is 4.70. The van der Waals surface area contributed by atoms with E-state index >= 15 is 0 Å². The molecule has 0 fully saturated rings. The van der Waals surface area contributed by atoms with E-state index in [4.69, 9.17) is 0 Å². The van der Waals surface area contributed by atoms with Gasteiger partial charge in [-0.05, 0) is 19.1 Å². The number of benzene rings is 1. The van der Waals surface area contributed by atoms with E-state index in [9.17, 15) is 9.59 Å². The number of fused-ring (bicyclic) bond motifs is 1. The Kier molecular flexibility index (Phi) is 3.02. The lowest BCUT2D eigenvalue weighted by Crippen LogP contribution is -2.32. The lowest BCUT2D eigenvalue weighted by Gasteiger charge is -2.13. The van der Waals surface area contributed by atoms with Gasteiger partial charge in [0, 0.05) is 6.04 Å². The normalized spacial score (nSPS) is 21.4. The van der Waals surface area contributed by atoms with E-state index in [1.165, 1.54) is 16.7 Å². The van der Waals surface area contributed by atoms with Crippen LogP contribution in [0.4, 0.5) is 0 Å². The summed E-state index contributed by atoms with van der Waals surface area (Å²) in [5, 5.41) is 3.99. The Morgan fingerprint density at radius 3 is 2.47 bits per heavy atom. The van der Waals surface area contributed by atoms with Crippen LogP contribution in [0.5, 0.6) is 0 Å². The van der Waals surface area contributed by atoms with Gasteiger partial charge in [-0.3, -0.25) is 19.5 Å². The first-order valence-corrected chi connectivity index (χ1v) is 7.04. The molecule has 0 radical (unpaired) electrons. The summed E-state index contributed by atoms with van der Waals surface area (Å²) in [6, 6.07) is 7.24. The summed E-state index contributed by atoms with van der Waals surface area (Å²) in [7, 11) is 0. The zero-order valence-electron chi connectivity index (χ0n) is 10.4. The molecule has 0 aliphatic carbocycles. The van der Waals surface area contributed by atoms with Gasteiger partial charge in [-0.15, -0.1) is 0 Å². The average molecular weight is 275 g/mol. The molecule has 0 spiro atoms. The third-order valence-corrected chi connectivity index (χ3v) is 3.99. The fourth-order valence-electron chi connectivity index (χ4n) is 2.09. The first kappa shape index (κ1) is 12.2. The summed E-state index contributed by atoms with van der Waals surface area (Å²) in [4.78, 5) is 29.8. The van der Waals surface area contributed by atoms with Crippen molar-refractivity contribution in [1.82, 2.24) is 10.2 Å². The van der Waals surface area contributed by atoms with Crippen LogP contribution in [0.25, 0.3) is 0 Å².